The van der Waals surface area contributed by atoms with Gasteiger partial charge in [0, 0.05) is 0 Å². The first kappa shape index (κ1) is 12.3. The van der Waals surface area contributed by atoms with Crippen molar-refractivity contribution >= 4 is 24.2 Å². The Morgan fingerprint density at radius 1 is 1.13 bits per heavy atom. The number of carbonyl (C=O) groups is 2. The van der Waals surface area contributed by atoms with Gasteiger partial charge in [0.1, 0.15) is 6.04 Å². The molecule has 2 heterocycles. The van der Waals surface area contributed by atoms with Crippen LogP contribution in [-0.2, 0) is 9.59 Å². The standard InChI is InChI=1S/C9H15N3O2.ClH/c13-7-5-11-9(14)8(12-7)6-1-3-10-4-2-6;/h6,8,10H,1-5H2,(H,11,14)(H,12,13);1H. The normalized spacial score (nSPS) is 27.6. The number of hydrogen-bond acceptors (Lipinski definition) is 3. The first-order valence-corrected chi connectivity index (χ1v) is 5.05. The number of piperidine rings is 1. The SMILES string of the molecule is Cl.O=C1CNC(=O)C(C2CCNCC2)N1. The van der Waals surface area contributed by atoms with Gasteiger partial charge in [-0.3, -0.25) is 9.59 Å². The zero-order chi connectivity index (χ0) is 9.97. The van der Waals surface area contributed by atoms with Crippen molar-refractivity contribution in [3.05, 3.63) is 0 Å². The van der Waals surface area contributed by atoms with E-state index < -0.39 is 0 Å². The maximum atomic E-state index is 11.5. The Kier molecular flexibility index (Phi) is 4.35. The van der Waals surface area contributed by atoms with Gasteiger partial charge >= 0.3 is 0 Å². The molecule has 2 saturated heterocycles. The minimum Gasteiger partial charge on any atom is -0.345 e. The molecule has 0 aromatic heterocycles. The second kappa shape index (κ2) is 5.32. The van der Waals surface area contributed by atoms with Crippen LogP contribution in [0.25, 0.3) is 0 Å². The molecule has 15 heavy (non-hydrogen) atoms. The third-order valence-corrected chi connectivity index (χ3v) is 2.88. The summed E-state index contributed by atoms with van der Waals surface area (Å²) in [5.74, 6) is 0.185. The summed E-state index contributed by atoms with van der Waals surface area (Å²) in [6.45, 7) is 1.99. The lowest BCUT2D eigenvalue weighted by atomic mass is 9.89. The zero-order valence-corrected chi connectivity index (χ0v) is 9.23. The van der Waals surface area contributed by atoms with Gasteiger partial charge in [-0.15, -0.1) is 12.4 Å². The van der Waals surface area contributed by atoms with Gasteiger partial charge in [-0.1, -0.05) is 0 Å². The molecule has 1 atom stereocenters. The van der Waals surface area contributed by atoms with Crippen LogP contribution in [0.4, 0.5) is 0 Å². The van der Waals surface area contributed by atoms with E-state index in [1.807, 2.05) is 0 Å². The van der Waals surface area contributed by atoms with E-state index in [2.05, 4.69) is 16.0 Å². The van der Waals surface area contributed by atoms with Crippen molar-refractivity contribution < 1.29 is 9.59 Å². The summed E-state index contributed by atoms with van der Waals surface area (Å²) in [5, 5.41) is 8.60. The molecule has 2 rings (SSSR count). The monoisotopic (exact) mass is 233 g/mol. The average molecular weight is 234 g/mol. The van der Waals surface area contributed by atoms with E-state index in [-0.39, 0.29) is 36.8 Å². The number of amides is 2. The molecule has 6 heteroatoms. The van der Waals surface area contributed by atoms with Crippen molar-refractivity contribution in [1.29, 1.82) is 0 Å². The van der Waals surface area contributed by atoms with E-state index in [0.29, 0.717) is 5.92 Å². The molecule has 3 N–H and O–H groups in total. The van der Waals surface area contributed by atoms with Crippen LogP contribution in [0, 0.1) is 5.92 Å². The van der Waals surface area contributed by atoms with Gasteiger partial charge in [-0.05, 0) is 31.8 Å². The van der Waals surface area contributed by atoms with Crippen LogP contribution in [0.15, 0.2) is 0 Å². The Balaban J connectivity index is 0.00000112. The maximum Gasteiger partial charge on any atom is 0.243 e. The number of halogens is 1. The summed E-state index contributed by atoms with van der Waals surface area (Å²) in [7, 11) is 0. The molecule has 5 nitrogen and oxygen atoms in total. The van der Waals surface area contributed by atoms with Gasteiger partial charge in [-0.2, -0.15) is 0 Å². The van der Waals surface area contributed by atoms with Gasteiger partial charge in [0.05, 0.1) is 6.54 Å². The van der Waals surface area contributed by atoms with E-state index in [1.54, 1.807) is 0 Å². The van der Waals surface area contributed by atoms with Gasteiger partial charge in [0.2, 0.25) is 11.8 Å². The van der Waals surface area contributed by atoms with E-state index >= 15 is 0 Å². The molecule has 86 valence electrons. The molecule has 2 aliphatic rings. The Morgan fingerprint density at radius 3 is 2.47 bits per heavy atom. The summed E-state index contributed by atoms with van der Waals surface area (Å²) in [6.07, 6.45) is 1.91. The van der Waals surface area contributed by atoms with Gasteiger partial charge in [0.25, 0.3) is 0 Å². The fraction of sp³-hybridized carbons (Fsp3) is 0.778. The molecule has 0 saturated carbocycles. The quantitative estimate of drug-likeness (QED) is 0.546. The second-order valence-corrected chi connectivity index (χ2v) is 3.85. The maximum absolute atomic E-state index is 11.5. The molecule has 0 aromatic rings. The zero-order valence-electron chi connectivity index (χ0n) is 8.41. The van der Waals surface area contributed by atoms with Crippen LogP contribution < -0.4 is 16.0 Å². The van der Waals surface area contributed by atoms with E-state index in [4.69, 9.17) is 0 Å². The highest BCUT2D eigenvalue weighted by atomic mass is 35.5. The minimum atomic E-state index is -0.307. The molecule has 0 aliphatic carbocycles. The molecule has 2 amide bonds. The third kappa shape index (κ3) is 2.82. The van der Waals surface area contributed by atoms with Crippen LogP contribution in [-0.4, -0.2) is 37.5 Å². The van der Waals surface area contributed by atoms with Crippen LogP contribution in [0.2, 0.25) is 0 Å². The fourth-order valence-electron chi connectivity index (χ4n) is 2.08. The second-order valence-electron chi connectivity index (χ2n) is 3.85. The molecule has 2 fully saturated rings. The van der Waals surface area contributed by atoms with Crippen molar-refractivity contribution in [2.45, 2.75) is 18.9 Å². The Hall–Kier alpha value is -0.810. The summed E-state index contributed by atoms with van der Waals surface area (Å²) < 4.78 is 0. The highest BCUT2D eigenvalue weighted by molar-refractivity contribution is 5.94. The number of nitrogens with one attached hydrogen (secondary N) is 3. The Labute approximate surface area is 94.8 Å². The molecule has 2 aliphatic heterocycles. The van der Waals surface area contributed by atoms with E-state index in [0.717, 1.165) is 25.9 Å². The van der Waals surface area contributed by atoms with Gasteiger partial charge < -0.3 is 16.0 Å². The predicted octanol–water partition coefficient (Wildman–Crippen LogP) is -0.978. The van der Waals surface area contributed by atoms with Crippen molar-refractivity contribution in [3.63, 3.8) is 0 Å². The highest BCUT2D eigenvalue weighted by Crippen LogP contribution is 2.17. The minimum absolute atomic E-state index is 0. The molecule has 1 unspecified atom stereocenters. The molecule has 0 spiro atoms. The molecule has 0 aromatic carbocycles. The van der Waals surface area contributed by atoms with Crippen molar-refractivity contribution in [1.82, 2.24) is 16.0 Å². The number of rotatable bonds is 1. The summed E-state index contributed by atoms with van der Waals surface area (Å²) in [4.78, 5) is 22.6. The summed E-state index contributed by atoms with van der Waals surface area (Å²) >= 11 is 0. The largest absolute Gasteiger partial charge is 0.345 e. The fourth-order valence-corrected chi connectivity index (χ4v) is 2.08. The predicted molar refractivity (Wildman–Crippen MR) is 57.8 cm³/mol. The van der Waals surface area contributed by atoms with Crippen LogP contribution in [0.3, 0.4) is 0 Å². The lowest BCUT2D eigenvalue weighted by Crippen LogP contribution is -2.60. The average Bonchev–Trinajstić information content (AvgIpc) is 2.23. The molecule has 0 radical (unpaired) electrons. The Morgan fingerprint density at radius 2 is 1.80 bits per heavy atom. The molecular formula is C9H16ClN3O2. The number of hydrogen-bond donors (Lipinski definition) is 3. The van der Waals surface area contributed by atoms with Crippen molar-refractivity contribution in [2.24, 2.45) is 5.92 Å². The highest BCUT2D eigenvalue weighted by Gasteiger charge is 2.33. The van der Waals surface area contributed by atoms with Gasteiger partial charge in [-0.25, -0.2) is 0 Å². The molecular weight excluding hydrogens is 218 g/mol. The van der Waals surface area contributed by atoms with Crippen molar-refractivity contribution in [2.75, 3.05) is 19.6 Å². The lowest BCUT2D eigenvalue weighted by molar-refractivity contribution is -0.135. The first-order valence-electron chi connectivity index (χ1n) is 5.05. The number of carbonyl (C=O) groups excluding carboxylic acids is 2. The number of piperazine rings is 1. The van der Waals surface area contributed by atoms with Crippen molar-refractivity contribution in [3.8, 4) is 0 Å². The van der Waals surface area contributed by atoms with Crippen LogP contribution in [0.5, 0.6) is 0 Å². The van der Waals surface area contributed by atoms with E-state index in [1.165, 1.54) is 0 Å². The molecule has 0 bridgehead atoms. The lowest BCUT2D eigenvalue weighted by Gasteiger charge is -2.32. The topological polar surface area (TPSA) is 70.2 Å². The smallest absolute Gasteiger partial charge is 0.243 e. The first-order chi connectivity index (χ1) is 6.77. The summed E-state index contributed by atoms with van der Waals surface area (Å²) in [5.41, 5.74) is 0. The Bertz CT molecular complexity index is 254. The van der Waals surface area contributed by atoms with Crippen LogP contribution in [0.1, 0.15) is 12.8 Å². The third-order valence-electron chi connectivity index (χ3n) is 2.88. The summed E-state index contributed by atoms with van der Waals surface area (Å²) in [6, 6.07) is -0.307. The van der Waals surface area contributed by atoms with Gasteiger partial charge in [0.15, 0.2) is 0 Å². The van der Waals surface area contributed by atoms with Crippen LogP contribution >= 0.6 is 12.4 Å². The van der Waals surface area contributed by atoms with E-state index in [9.17, 15) is 9.59 Å².